The Kier molecular flexibility index (Phi) is 10.5. The standard InChI is InChI=1S/C15H30N2O2/c1-5-7-8-10-13(16-15(19)6-2)14(18)11-9-12-17(3)4/h13H,5-12H2,1-4H3,(H,16,19). The molecular formula is C15H30N2O2. The maximum absolute atomic E-state index is 12.1. The van der Waals surface area contributed by atoms with Crippen LogP contribution < -0.4 is 5.32 Å². The average molecular weight is 270 g/mol. The largest absolute Gasteiger partial charge is 0.346 e. The average Bonchev–Trinajstić information content (AvgIpc) is 2.36. The van der Waals surface area contributed by atoms with E-state index in [0.717, 1.165) is 38.6 Å². The van der Waals surface area contributed by atoms with Crippen molar-refractivity contribution in [2.24, 2.45) is 0 Å². The van der Waals surface area contributed by atoms with E-state index in [0.29, 0.717) is 12.8 Å². The van der Waals surface area contributed by atoms with Crippen LogP contribution in [0.1, 0.15) is 58.8 Å². The third kappa shape index (κ3) is 9.65. The number of nitrogens with one attached hydrogen (secondary N) is 1. The predicted molar refractivity (Wildman–Crippen MR) is 79.2 cm³/mol. The molecule has 0 bridgehead atoms. The topological polar surface area (TPSA) is 49.4 Å². The van der Waals surface area contributed by atoms with Crippen molar-refractivity contribution in [2.45, 2.75) is 64.8 Å². The molecule has 1 N–H and O–H groups in total. The van der Waals surface area contributed by atoms with E-state index in [1.54, 1.807) is 0 Å². The van der Waals surface area contributed by atoms with E-state index >= 15 is 0 Å². The first kappa shape index (κ1) is 18.1. The van der Waals surface area contributed by atoms with E-state index in [9.17, 15) is 9.59 Å². The van der Waals surface area contributed by atoms with Crippen LogP contribution in [0.2, 0.25) is 0 Å². The summed E-state index contributed by atoms with van der Waals surface area (Å²) >= 11 is 0. The number of hydrogen-bond acceptors (Lipinski definition) is 3. The molecule has 4 nitrogen and oxygen atoms in total. The molecule has 1 atom stereocenters. The van der Waals surface area contributed by atoms with Crippen molar-refractivity contribution in [3.8, 4) is 0 Å². The molecule has 0 heterocycles. The van der Waals surface area contributed by atoms with Crippen LogP contribution in [0.15, 0.2) is 0 Å². The zero-order valence-electron chi connectivity index (χ0n) is 13.0. The van der Waals surface area contributed by atoms with E-state index in [4.69, 9.17) is 0 Å². The minimum Gasteiger partial charge on any atom is -0.346 e. The Morgan fingerprint density at radius 2 is 1.79 bits per heavy atom. The zero-order chi connectivity index (χ0) is 14.7. The molecule has 0 saturated carbocycles. The highest BCUT2D eigenvalue weighted by molar-refractivity contribution is 5.88. The maximum Gasteiger partial charge on any atom is 0.220 e. The van der Waals surface area contributed by atoms with Crippen LogP contribution in [0, 0.1) is 0 Å². The van der Waals surface area contributed by atoms with Crippen molar-refractivity contribution in [1.29, 1.82) is 0 Å². The highest BCUT2D eigenvalue weighted by Crippen LogP contribution is 2.08. The molecule has 1 unspecified atom stereocenters. The number of hydrogen-bond donors (Lipinski definition) is 1. The summed E-state index contributed by atoms with van der Waals surface area (Å²) in [5.74, 6) is 0.155. The summed E-state index contributed by atoms with van der Waals surface area (Å²) in [6, 6.07) is -0.277. The summed E-state index contributed by atoms with van der Waals surface area (Å²) in [5, 5.41) is 2.86. The van der Waals surface area contributed by atoms with Gasteiger partial charge in [0.25, 0.3) is 0 Å². The first-order chi connectivity index (χ1) is 9.01. The van der Waals surface area contributed by atoms with Gasteiger partial charge in [-0.2, -0.15) is 0 Å². The third-order valence-corrected chi connectivity index (χ3v) is 3.17. The molecule has 0 aliphatic carbocycles. The molecule has 112 valence electrons. The Labute approximate surface area is 117 Å². The molecule has 4 heteroatoms. The Morgan fingerprint density at radius 1 is 1.11 bits per heavy atom. The molecule has 0 aromatic rings. The Morgan fingerprint density at radius 3 is 2.32 bits per heavy atom. The minimum absolute atomic E-state index is 0.0255. The quantitative estimate of drug-likeness (QED) is 0.586. The molecule has 0 rings (SSSR count). The van der Waals surface area contributed by atoms with Gasteiger partial charge >= 0.3 is 0 Å². The van der Waals surface area contributed by atoms with Crippen LogP contribution in [-0.4, -0.2) is 43.3 Å². The van der Waals surface area contributed by atoms with Gasteiger partial charge in [-0.3, -0.25) is 9.59 Å². The van der Waals surface area contributed by atoms with Crippen LogP contribution >= 0.6 is 0 Å². The maximum atomic E-state index is 12.1. The third-order valence-electron chi connectivity index (χ3n) is 3.17. The highest BCUT2D eigenvalue weighted by atomic mass is 16.2. The van der Waals surface area contributed by atoms with E-state index in [2.05, 4.69) is 17.1 Å². The van der Waals surface area contributed by atoms with E-state index in [-0.39, 0.29) is 17.7 Å². The van der Waals surface area contributed by atoms with Gasteiger partial charge in [0.05, 0.1) is 6.04 Å². The van der Waals surface area contributed by atoms with Crippen molar-refractivity contribution in [1.82, 2.24) is 10.2 Å². The number of rotatable bonds is 11. The Balaban J connectivity index is 4.20. The number of Topliss-reactive ketones (excluding diaryl/α,β-unsaturated/α-hetero) is 1. The number of nitrogens with zero attached hydrogens (tertiary/aromatic N) is 1. The lowest BCUT2D eigenvalue weighted by atomic mass is 10.0. The van der Waals surface area contributed by atoms with Crippen LogP contribution in [0.4, 0.5) is 0 Å². The van der Waals surface area contributed by atoms with Crippen LogP contribution in [0.5, 0.6) is 0 Å². The molecular weight excluding hydrogens is 240 g/mol. The van der Waals surface area contributed by atoms with Crippen LogP contribution in [0.25, 0.3) is 0 Å². The van der Waals surface area contributed by atoms with Crippen molar-refractivity contribution >= 4 is 11.7 Å². The van der Waals surface area contributed by atoms with Gasteiger partial charge in [-0.25, -0.2) is 0 Å². The summed E-state index contributed by atoms with van der Waals surface area (Å²) in [7, 11) is 4.00. The second-order valence-electron chi connectivity index (χ2n) is 5.34. The van der Waals surface area contributed by atoms with Crippen LogP contribution in [-0.2, 0) is 9.59 Å². The van der Waals surface area contributed by atoms with Gasteiger partial charge in [-0.1, -0.05) is 33.1 Å². The predicted octanol–water partition coefficient (Wildman–Crippen LogP) is 2.37. The van der Waals surface area contributed by atoms with Crippen molar-refractivity contribution in [3.63, 3.8) is 0 Å². The number of ketones is 1. The lowest BCUT2D eigenvalue weighted by Crippen LogP contribution is -2.40. The number of amides is 1. The van der Waals surface area contributed by atoms with Crippen molar-refractivity contribution in [2.75, 3.05) is 20.6 Å². The van der Waals surface area contributed by atoms with Gasteiger partial charge in [0.1, 0.15) is 0 Å². The van der Waals surface area contributed by atoms with Gasteiger partial charge in [0.15, 0.2) is 5.78 Å². The molecule has 0 radical (unpaired) electrons. The molecule has 0 aromatic carbocycles. The van der Waals surface area contributed by atoms with Gasteiger partial charge in [0, 0.05) is 12.8 Å². The fraction of sp³-hybridized carbons (Fsp3) is 0.867. The van der Waals surface area contributed by atoms with Gasteiger partial charge < -0.3 is 10.2 Å². The first-order valence-corrected chi connectivity index (χ1v) is 7.48. The molecule has 1 amide bonds. The second kappa shape index (κ2) is 11.0. The molecule has 0 fully saturated rings. The Hall–Kier alpha value is -0.900. The molecule has 0 spiro atoms. The number of unbranched alkanes of at least 4 members (excludes halogenated alkanes) is 2. The van der Waals surface area contributed by atoms with Crippen molar-refractivity contribution < 1.29 is 9.59 Å². The Bertz CT molecular complexity index is 265. The van der Waals surface area contributed by atoms with E-state index in [1.165, 1.54) is 0 Å². The molecule has 0 aliphatic heterocycles. The normalized spacial score (nSPS) is 12.5. The van der Waals surface area contributed by atoms with Gasteiger partial charge in [-0.15, -0.1) is 0 Å². The first-order valence-electron chi connectivity index (χ1n) is 7.48. The second-order valence-corrected chi connectivity index (χ2v) is 5.34. The van der Waals surface area contributed by atoms with E-state index < -0.39 is 0 Å². The molecule has 0 saturated heterocycles. The lowest BCUT2D eigenvalue weighted by Gasteiger charge is -2.18. The minimum atomic E-state index is -0.277. The fourth-order valence-electron chi connectivity index (χ4n) is 1.95. The fourth-order valence-corrected chi connectivity index (χ4v) is 1.95. The lowest BCUT2D eigenvalue weighted by molar-refractivity contribution is -0.127. The van der Waals surface area contributed by atoms with Gasteiger partial charge in [0.2, 0.25) is 5.91 Å². The van der Waals surface area contributed by atoms with Crippen molar-refractivity contribution in [3.05, 3.63) is 0 Å². The van der Waals surface area contributed by atoms with E-state index in [1.807, 2.05) is 21.0 Å². The smallest absolute Gasteiger partial charge is 0.220 e. The number of carbonyl (C=O) groups excluding carboxylic acids is 2. The summed E-state index contributed by atoms with van der Waals surface area (Å²) in [4.78, 5) is 25.7. The summed E-state index contributed by atoms with van der Waals surface area (Å²) in [6.45, 7) is 4.86. The SMILES string of the molecule is CCCCCC(NC(=O)CC)C(=O)CCCN(C)C. The number of carbonyl (C=O) groups is 2. The zero-order valence-corrected chi connectivity index (χ0v) is 13.0. The summed E-state index contributed by atoms with van der Waals surface area (Å²) in [5.41, 5.74) is 0. The summed E-state index contributed by atoms with van der Waals surface area (Å²) < 4.78 is 0. The molecule has 19 heavy (non-hydrogen) atoms. The van der Waals surface area contributed by atoms with Gasteiger partial charge in [-0.05, 0) is 33.5 Å². The molecule has 0 aromatic heterocycles. The molecule has 0 aliphatic rings. The monoisotopic (exact) mass is 270 g/mol. The summed E-state index contributed by atoms with van der Waals surface area (Å²) in [6.07, 6.45) is 5.88. The van der Waals surface area contributed by atoms with Crippen LogP contribution in [0.3, 0.4) is 0 Å². The highest BCUT2D eigenvalue weighted by Gasteiger charge is 2.19.